The summed E-state index contributed by atoms with van der Waals surface area (Å²) in [6.45, 7) is 2.93. The van der Waals surface area contributed by atoms with Crippen LogP contribution in [0, 0.1) is 11.8 Å². The van der Waals surface area contributed by atoms with Crippen LogP contribution >= 0.6 is 11.6 Å². The molecule has 2 saturated heterocycles. The molecule has 13 heteroatoms. The molecule has 1 aromatic carbocycles. The number of carbonyl (C=O) groups is 2. The number of piperidine rings is 1. The number of aliphatic hydroxyl groups is 1. The zero-order valence-electron chi connectivity index (χ0n) is 21.5. The average Bonchev–Trinajstić information content (AvgIpc) is 3.36. The van der Waals surface area contributed by atoms with Gasteiger partial charge in [-0.3, -0.25) is 9.59 Å². The largest absolute Gasteiger partial charge is 0.396 e. The fourth-order valence-electron chi connectivity index (χ4n) is 4.62. The molecule has 2 aromatic rings. The van der Waals surface area contributed by atoms with Crippen molar-refractivity contribution in [3.8, 4) is 0 Å². The van der Waals surface area contributed by atoms with Crippen molar-refractivity contribution >= 4 is 46.9 Å². The van der Waals surface area contributed by atoms with Gasteiger partial charge >= 0.3 is 0 Å². The molecular weight excluding hydrogens is 510 g/mol. The molecule has 38 heavy (non-hydrogen) atoms. The van der Waals surface area contributed by atoms with Gasteiger partial charge in [-0.15, -0.1) is 0 Å². The van der Waals surface area contributed by atoms with E-state index in [1.807, 2.05) is 24.3 Å². The number of carbonyl (C=O) groups excluding carboxylic acids is 2. The van der Waals surface area contributed by atoms with Crippen molar-refractivity contribution in [1.29, 1.82) is 0 Å². The molecule has 2 amide bonds. The second kappa shape index (κ2) is 13.4. The molecule has 6 N–H and O–H groups in total. The summed E-state index contributed by atoms with van der Waals surface area (Å²) < 4.78 is 0. The zero-order chi connectivity index (χ0) is 26.9. The molecule has 2 aliphatic rings. The maximum atomic E-state index is 12.7. The number of anilines is 4. The van der Waals surface area contributed by atoms with Crippen LogP contribution in [0.2, 0.25) is 5.02 Å². The Kier molecular flexibility index (Phi) is 9.77. The number of hydrogen-bond acceptors (Lipinski definition) is 10. The smallest absolute Gasteiger partial charge is 0.231 e. The standard InChI is InChI=1S/C25H36ClN9O3/c1-27-23-32-24(31-18(8-11-36)15-28-20-5-3-2-4-19(20)26)34-25(33-23)35-9-6-17(7-10-35)22(38)30-14-16-12-21(37)29-13-16/h2-5,16-18,28,36H,6-15H2,1H3,(H,29,37)(H,30,38)(H2,27,31,32,33,34)/t16?,18-/m0/s1. The van der Waals surface area contributed by atoms with Crippen LogP contribution < -0.4 is 31.5 Å². The van der Waals surface area contributed by atoms with E-state index in [9.17, 15) is 14.7 Å². The number of benzene rings is 1. The lowest BCUT2D eigenvalue weighted by atomic mass is 9.96. The molecule has 2 fully saturated rings. The van der Waals surface area contributed by atoms with Crippen LogP contribution in [0.4, 0.5) is 23.5 Å². The van der Waals surface area contributed by atoms with Crippen LogP contribution in [0.5, 0.6) is 0 Å². The van der Waals surface area contributed by atoms with Gasteiger partial charge in [-0.2, -0.15) is 15.0 Å². The third kappa shape index (κ3) is 7.57. The molecule has 1 aromatic heterocycles. The fourth-order valence-corrected chi connectivity index (χ4v) is 4.83. The second-order valence-electron chi connectivity index (χ2n) is 9.63. The van der Waals surface area contributed by atoms with Crippen LogP contribution in [0.25, 0.3) is 0 Å². The van der Waals surface area contributed by atoms with Crippen LogP contribution in [0.1, 0.15) is 25.7 Å². The van der Waals surface area contributed by atoms with Crippen LogP contribution in [0.3, 0.4) is 0 Å². The lowest BCUT2D eigenvalue weighted by Crippen LogP contribution is -2.42. The molecule has 1 unspecified atom stereocenters. The summed E-state index contributed by atoms with van der Waals surface area (Å²) >= 11 is 6.25. The Bertz CT molecular complexity index is 1100. The third-order valence-electron chi connectivity index (χ3n) is 6.85. The van der Waals surface area contributed by atoms with E-state index in [1.54, 1.807) is 7.05 Å². The highest BCUT2D eigenvalue weighted by molar-refractivity contribution is 6.33. The number of halogens is 1. The summed E-state index contributed by atoms with van der Waals surface area (Å²) in [7, 11) is 1.75. The van der Waals surface area contributed by atoms with Gasteiger partial charge < -0.3 is 36.6 Å². The van der Waals surface area contributed by atoms with Gasteiger partial charge in [0.05, 0.1) is 10.7 Å². The van der Waals surface area contributed by atoms with Gasteiger partial charge in [-0.25, -0.2) is 0 Å². The Labute approximate surface area is 227 Å². The molecule has 12 nitrogen and oxygen atoms in total. The van der Waals surface area contributed by atoms with Crippen molar-refractivity contribution in [3.05, 3.63) is 29.3 Å². The minimum atomic E-state index is -0.156. The van der Waals surface area contributed by atoms with Crippen LogP contribution in [-0.4, -0.2) is 84.3 Å². The second-order valence-corrected chi connectivity index (χ2v) is 10.0. The monoisotopic (exact) mass is 545 g/mol. The molecule has 0 aliphatic carbocycles. The number of rotatable bonds is 12. The van der Waals surface area contributed by atoms with Gasteiger partial charge in [0, 0.05) is 70.7 Å². The molecule has 0 radical (unpaired) electrons. The van der Waals surface area contributed by atoms with Gasteiger partial charge in [0.2, 0.25) is 29.7 Å². The molecule has 4 rings (SSSR count). The Morgan fingerprint density at radius 3 is 2.66 bits per heavy atom. The SMILES string of the molecule is CNc1nc(N[C@@H](CCO)CNc2ccccc2Cl)nc(N2CCC(C(=O)NCC3CNC(=O)C3)CC2)n1. The van der Waals surface area contributed by atoms with Gasteiger partial charge in [-0.05, 0) is 31.4 Å². The Hall–Kier alpha value is -3.38. The average molecular weight is 546 g/mol. The van der Waals surface area contributed by atoms with Crippen molar-refractivity contribution in [1.82, 2.24) is 25.6 Å². The van der Waals surface area contributed by atoms with Gasteiger partial charge in [0.15, 0.2) is 0 Å². The van der Waals surface area contributed by atoms with E-state index in [4.69, 9.17) is 11.6 Å². The number of nitrogens with zero attached hydrogens (tertiary/aromatic N) is 4. The topological polar surface area (TPSA) is 156 Å². The molecule has 0 spiro atoms. The Morgan fingerprint density at radius 2 is 1.97 bits per heavy atom. The van der Waals surface area contributed by atoms with E-state index in [0.717, 1.165) is 5.69 Å². The number of aliphatic hydroxyl groups excluding tert-OH is 1. The van der Waals surface area contributed by atoms with E-state index in [0.29, 0.717) is 81.3 Å². The predicted molar refractivity (Wildman–Crippen MR) is 147 cm³/mol. The maximum Gasteiger partial charge on any atom is 0.231 e. The van der Waals surface area contributed by atoms with Crippen molar-refractivity contribution < 1.29 is 14.7 Å². The van der Waals surface area contributed by atoms with Gasteiger partial charge in [0.1, 0.15) is 0 Å². The highest BCUT2D eigenvalue weighted by Gasteiger charge is 2.28. The van der Waals surface area contributed by atoms with Crippen LogP contribution in [-0.2, 0) is 9.59 Å². The number of hydrogen-bond donors (Lipinski definition) is 6. The molecule has 3 heterocycles. The highest BCUT2D eigenvalue weighted by Crippen LogP contribution is 2.24. The summed E-state index contributed by atoms with van der Waals surface area (Å²) in [6, 6.07) is 7.33. The Balaban J connectivity index is 1.33. The van der Waals surface area contributed by atoms with Crippen molar-refractivity contribution in [2.45, 2.75) is 31.7 Å². The number of nitrogens with one attached hydrogen (secondary N) is 5. The third-order valence-corrected chi connectivity index (χ3v) is 7.18. The minimum Gasteiger partial charge on any atom is -0.396 e. The van der Waals surface area contributed by atoms with Gasteiger partial charge in [-0.1, -0.05) is 23.7 Å². The van der Waals surface area contributed by atoms with Gasteiger partial charge in [0.25, 0.3) is 0 Å². The van der Waals surface area contributed by atoms with E-state index in [1.165, 1.54) is 0 Å². The lowest BCUT2D eigenvalue weighted by molar-refractivity contribution is -0.126. The molecule has 0 saturated carbocycles. The normalized spacial score (nSPS) is 18.6. The summed E-state index contributed by atoms with van der Waals surface area (Å²) in [6.07, 6.45) is 2.33. The van der Waals surface area contributed by atoms with E-state index >= 15 is 0 Å². The van der Waals surface area contributed by atoms with E-state index in [-0.39, 0.29) is 36.3 Å². The molecule has 0 bridgehead atoms. The summed E-state index contributed by atoms with van der Waals surface area (Å²) in [5, 5.41) is 25.6. The quantitative estimate of drug-likeness (QED) is 0.230. The van der Waals surface area contributed by atoms with E-state index < -0.39 is 0 Å². The Morgan fingerprint density at radius 1 is 1.21 bits per heavy atom. The number of para-hydroxylation sites is 1. The van der Waals surface area contributed by atoms with Crippen molar-refractivity contribution in [3.63, 3.8) is 0 Å². The molecular formula is C25H36ClN9O3. The summed E-state index contributed by atoms with van der Waals surface area (Å²) in [5.41, 5.74) is 0.812. The van der Waals surface area contributed by atoms with Crippen molar-refractivity contribution in [2.75, 3.05) is 67.2 Å². The maximum absolute atomic E-state index is 12.7. The lowest BCUT2D eigenvalue weighted by Gasteiger charge is -2.31. The number of amides is 2. The van der Waals surface area contributed by atoms with Crippen molar-refractivity contribution in [2.24, 2.45) is 11.8 Å². The molecule has 206 valence electrons. The highest BCUT2D eigenvalue weighted by atomic mass is 35.5. The first-order valence-corrected chi connectivity index (χ1v) is 13.4. The summed E-state index contributed by atoms with van der Waals surface area (Å²) in [5.74, 6) is 1.53. The number of aromatic nitrogens is 3. The molecule has 2 aliphatic heterocycles. The fraction of sp³-hybridized carbons (Fsp3) is 0.560. The minimum absolute atomic E-state index is 0.00182. The first-order valence-electron chi connectivity index (χ1n) is 13.0. The summed E-state index contributed by atoms with van der Waals surface area (Å²) in [4.78, 5) is 39.7. The predicted octanol–water partition coefficient (Wildman–Crippen LogP) is 1.31. The first-order chi connectivity index (χ1) is 18.4. The molecule has 2 atom stereocenters. The van der Waals surface area contributed by atoms with E-state index in [2.05, 4.69) is 46.4 Å². The first kappa shape index (κ1) is 27.6. The van der Waals surface area contributed by atoms with Crippen LogP contribution in [0.15, 0.2) is 24.3 Å². The zero-order valence-corrected chi connectivity index (χ0v) is 22.3.